The number of furan rings is 1. The summed E-state index contributed by atoms with van der Waals surface area (Å²) in [5.41, 5.74) is 4.58. The lowest BCUT2D eigenvalue weighted by atomic mass is 9.97. The standard InChI is InChI=1S/C25H23NO3/c1-4-28-23-14-24-21(13-20(23)16(2)11-25(27)26-3)22(15-29-24)19-10-9-17-7-5-6-8-18(17)12-19/h5-15H,4H2,1-3H3,(H,26,27)/b16-11+. The van der Waals surface area contributed by atoms with E-state index in [2.05, 4.69) is 35.6 Å². The molecule has 1 N–H and O–H groups in total. The molecule has 0 aliphatic carbocycles. The number of hydrogen-bond acceptors (Lipinski definition) is 3. The van der Waals surface area contributed by atoms with Crippen LogP contribution in [0.25, 0.3) is 38.4 Å². The molecule has 0 aliphatic rings. The van der Waals surface area contributed by atoms with Crippen LogP contribution in [0, 0.1) is 0 Å². The van der Waals surface area contributed by atoms with Crippen LogP contribution < -0.4 is 10.1 Å². The van der Waals surface area contributed by atoms with Crippen molar-refractivity contribution < 1.29 is 13.9 Å². The van der Waals surface area contributed by atoms with Crippen molar-refractivity contribution in [2.75, 3.05) is 13.7 Å². The minimum absolute atomic E-state index is 0.146. The molecule has 3 aromatic carbocycles. The Hall–Kier alpha value is -3.53. The molecule has 0 saturated carbocycles. The van der Waals surface area contributed by atoms with E-state index in [-0.39, 0.29) is 5.91 Å². The van der Waals surface area contributed by atoms with Crippen LogP contribution >= 0.6 is 0 Å². The quantitative estimate of drug-likeness (QED) is 0.442. The number of fused-ring (bicyclic) bond motifs is 2. The first kappa shape index (κ1) is 18.8. The average Bonchev–Trinajstić information content (AvgIpc) is 3.15. The van der Waals surface area contributed by atoms with E-state index in [0.717, 1.165) is 33.2 Å². The van der Waals surface area contributed by atoms with Gasteiger partial charge in [0.05, 0.1) is 12.9 Å². The van der Waals surface area contributed by atoms with Gasteiger partial charge in [0.25, 0.3) is 0 Å². The van der Waals surface area contributed by atoms with Crippen LogP contribution in [-0.2, 0) is 4.79 Å². The summed E-state index contributed by atoms with van der Waals surface area (Å²) in [6.07, 6.45) is 3.37. The smallest absolute Gasteiger partial charge is 0.244 e. The Morgan fingerprint density at radius 2 is 1.90 bits per heavy atom. The van der Waals surface area contributed by atoms with Crippen LogP contribution in [0.15, 0.2) is 71.4 Å². The Morgan fingerprint density at radius 1 is 1.10 bits per heavy atom. The molecule has 0 bridgehead atoms. The zero-order valence-corrected chi connectivity index (χ0v) is 16.8. The molecule has 1 aromatic heterocycles. The largest absolute Gasteiger partial charge is 0.493 e. The second kappa shape index (κ2) is 7.84. The van der Waals surface area contributed by atoms with Crippen LogP contribution in [0.1, 0.15) is 19.4 Å². The molecule has 0 spiro atoms. The van der Waals surface area contributed by atoms with Gasteiger partial charge in [0, 0.05) is 35.7 Å². The van der Waals surface area contributed by atoms with E-state index >= 15 is 0 Å². The van der Waals surface area contributed by atoms with Gasteiger partial charge >= 0.3 is 0 Å². The highest BCUT2D eigenvalue weighted by Crippen LogP contribution is 2.38. The van der Waals surface area contributed by atoms with Gasteiger partial charge in [-0.15, -0.1) is 0 Å². The van der Waals surface area contributed by atoms with Crippen molar-refractivity contribution in [3.8, 4) is 16.9 Å². The Kier molecular flexibility index (Phi) is 5.09. The first-order valence-electron chi connectivity index (χ1n) is 9.68. The second-order valence-corrected chi connectivity index (χ2v) is 6.93. The predicted molar refractivity (Wildman–Crippen MR) is 118 cm³/mol. The fourth-order valence-electron chi connectivity index (χ4n) is 3.57. The number of rotatable bonds is 5. The normalized spacial score (nSPS) is 11.8. The Balaban J connectivity index is 1.89. The average molecular weight is 385 g/mol. The molecule has 29 heavy (non-hydrogen) atoms. The highest BCUT2D eigenvalue weighted by molar-refractivity contribution is 6.01. The second-order valence-electron chi connectivity index (χ2n) is 6.93. The van der Waals surface area contributed by atoms with E-state index < -0.39 is 0 Å². The van der Waals surface area contributed by atoms with Gasteiger partial charge in [-0.3, -0.25) is 4.79 Å². The van der Waals surface area contributed by atoms with Crippen LogP contribution in [0.5, 0.6) is 5.75 Å². The first-order valence-corrected chi connectivity index (χ1v) is 9.68. The third-order valence-corrected chi connectivity index (χ3v) is 5.05. The minimum atomic E-state index is -0.146. The lowest BCUT2D eigenvalue weighted by molar-refractivity contribution is -0.116. The van der Waals surface area contributed by atoms with Gasteiger partial charge in [0.2, 0.25) is 5.91 Å². The van der Waals surface area contributed by atoms with E-state index in [0.29, 0.717) is 12.4 Å². The molecule has 0 unspecified atom stereocenters. The third kappa shape index (κ3) is 3.61. The van der Waals surface area contributed by atoms with Crippen molar-refractivity contribution >= 4 is 33.2 Å². The van der Waals surface area contributed by atoms with Crippen LogP contribution in [0.4, 0.5) is 0 Å². The Labute approximate surface area is 169 Å². The Bertz CT molecular complexity index is 1230. The number of carbonyl (C=O) groups excluding carboxylic acids is 1. The summed E-state index contributed by atoms with van der Waals surface area (Å²) >= 11 is 0. The highest BCUT2D eigenvalue weighted by atomic mass is 16.5. The maximum atomic E-state index is 11.8. The summed E-state index contributed by atoms with van der Waals surface area (Å²) in [4.78, 5) is 11.8. The summed E-state index contributed by atoms with van der Waals surface area (Å²) in [5.74, 6) is 0.559. The van der Waals surface area contributed by atoms with Gasteiger partial charge in [0.15, 0.2) is 0 Å². The molecule has 4 heteroatoms. The number of carbonyl (C=O) groups is 1. The number of likely N-dealkylation sites (N-methyl/N-ethyl adjacent to an activating group) is 1. The molecule has 0 fully saturated rings. The zero-order valence-electron chi connectivity index (χ0n) is 16.8. The maximum Gasteiger partial charge on any atom is 0.244 e. The molecule has 4 rings (SSSR count). The van der Waals surface area contributed by atoms with Gasteiger partial charge in [-0.05, 0) is 47.9 Å². The number of amides is 1. The number of nitrogens with one attached hydrogen (secondary N) is 1. The van der Waals surface area contributed by atoms with E-state index in [9.17, 15) is 4.79 Å². The van der Waals surface area contributed by atoms with Crippen LogP contribution in [0.2, 0.25) is 0 Å². The SMILES string of the molecule is CCOc1cc2occ(-c3ccc4ccccc4c3)c2cc1/C(C)=C/C(=O)NC. The van der Waals surface area contributed by atoms with Crippen molar-refractivity contribution in [2.45, 2.75) is 13.8 Å². The van der Waals surface area contributed by atoms with Gasteiger partial charge in [-0.1, -0.05) is 36.4 Å². The molecular formula is C25H23NO3. The van der Waals surface area contributed by atoms with Gasteiger partial charge in [0.1, 0.15) is 11.3 Å². The van der Waals surface area contributed by atoms with Crippen LogP contribution in [-0.4, -0.2) is 19.6 Å². The van der Waals surface area contributed by atoms with Crippen molar-refractivity contribution in [3.05, 3.63) is 72.5 Å². The number of benzene rings is 3. The molecule has 1 heterocycles. The lowest BCUT2D eigenvalue weighted by Crippen LogP contribution is -2.14. The molecule has 0 radical (unpaired) electrons. The monoisotopic (exact) mass is 385 g/mol. The van der Waals surface area contributed by atoms with Gasteiger partial charge in [-0.25, -0.2) is 0 Å². The molecule has 4 nitrogen and oxygen atoms in total. The summed E-state index contributed by atoms with van der Waals surface area (Å²) < 4.78 is 11.7. The fourth-order valence-corrected chi connectivity index (χ4v) is 3.57. The van der Waals surface area contributed by atoms with Crippen molar-refractivity contribution in [3.63, 3.8) is 0 Å². The third-order valence-electron chi connectivity index (χ3n) is 5.05. The van der Waals surface area contributed by atoms with Crippen molar-refractivity contribution in [1.82, 2.24) is 5.32 Å². The van der Waals surface area contributed by atoms with Gasteiger partial charge in [-0.2, -0.15) is 0 Å². The summed E-state index contributed by atoms with van der Waals surface area (Å²) in [7, 11) is 1.62. The van der Waals surface area contributed by atoms with Gasteiger partial charge < -0.3 is 14.5 Å². The lowest BCUT2D eigenvalue weighted by Gasteiger charge is -2.11. The molecule has 0 atom stereocenters. The van der Waals surface area contributed by atoms with E-state index in [1.807, 2.05) is 38.1 Å². The number of allylic oxidation sites excluding steroid dienone is 1. The summed E-state index contributed by atoms with van der Waals surface area (Å²) in [6.45, 7) is 4.38. The molecule has 0 aliphatic heterocycles. The summed E-state index contributed by atoms with van der Waals surface area (Å²) in [6, 6.07) is 18.6. The first-order chi connectivity index (χ1) is 14.1. The van der Waals surface area contributed by atoms with E-state index in [1.54, 1.807) is 19.4 Å². The zero-order chi connectivity index (χ0) is 20.4. The fraction of sp³-hybridized carbons (Fsp3) is 0.160. The van der Waals surface area contributed by atoms with Crippen LogP contribution in [0.3, 0.4) is 0 Å². The van der Waals surface area contributed by atoms with Crippen molar-refractivity contribution in [2.24, 2.45) is 0 Å². The topological polar surface area (TPSA) is 51.5 Å². The predicted octanol–water partition coefficient (Wildman–Crippen LogP) is 5.80. The number of ether oxygens (including phenoxy) is 1. The minimum Gasteiger partial charge on any atom is -0.493 e. The molecule has 0 saturated heterocycles. The van der Waals surface area contributed by atoms with Crippen molar-refractivity contribution in [1.29, 1.82) is 0 Å². The molecular weight excluding hydrogens is 362 g/mol. The molecule has 146 valence electrons. The van der Waals surface area contributed by atoms with E-state index in [4.69, 9.17) is 9.15 Å². The Morgan fingerprint density at radius 3 is 2.66 bits per heavy atom. The summed E-state index contributed by atoms with van der Waals surface area (Å²) in [5, 5.41) is 6.00. The molecule has 4 aromatic rings. The molecule has 1 amide bonds. The number of hydrogen-bond donors (Lipinski definition) is 1. The maximum absolute atomic E-state index is 11.8. The van der Waals surface area contributed by atoms with E-state index in [1.165, 1.54) is 10.8 Å². The highest BCUT2D eigenvalue weighted by Gasteiger charge is 2.15.